The van der Waals surface area contributed by atoms with Crippen LogP contribution in [0.15, 0.2) is 0 Å². The van der Waals surface area contributed by atoms with Gasteiger partial charge in [0.05, 0.1) is 0 Å². The first-order valence-corrected chi connectivity index (χ1v) is 7.97. The molecule has 0 aromatic carbocycles. The molecule has 5 nitrogen and oxygen atoms in total. The molecule has 1 unspecified atom stereocenters. The van der Waals surface area contributed by atoms with Crippen LogP contribution in [0.5, 0.6) is 0 Å². The number of anilines is 2. The molecule has 1 atom stereocenters. The quantitative estimate of drug-likeness (QED) is 0.647. The van der Waals surface area contributed by atoms with E-state index in [9.17, 15) is 0 Å². The molecule has 0 spiro atoms. The van der Waals surface area contributed by atoms with Crippen LogP contribution in [0, 0.1) is 6.92 Å². The van der Waals surface area contributed by atoms with Gasteiger partial charge in [0.2, 0.25) is 0 Å². The predicted octanol–water partition coefficient (Wildman–Crippen LogP) is 3.14. The number of hydrazine groups is 1. The van der Waals surface area contributed by atoms with E-state index in [4.69, 9.17) is 10.8 Å². The topological polar surface area (TPSA) is 67.1 Å². The zero-order valence-corrected chi connectivity index (χ0v) is 14.0. The van der Waals surface area contributed by atoms with Crippen molar-refractivity contribution in [3.05, 3.63) is 11.4 Å². The summed E-state index contributed by atoms with van der Waals surface area (Å²) in [5.74, 6) is 8.28. The van der Waals surface area contributed by atoms with Crippen molar-refractivity contribution in [2.24, 2.45) is 5.84 Å². The minimum Gasteiger partial charge on any atom is -0.354 e. The molecule has 1 saturated heterocycles. The number of nitrogens with two attached hydrogens (primary N) is 1. The Bertz CT molecular complexity index is 492. The lowest BCUT2D eigenvalue weighted by atomic mass is 9.95. The van der Waals surface area contributed by atoms with Crippen molar-refractivity contribution in [2.45, 2.75) is 71.8 Å². The van der Waals surface area contributed by atoms with Crippen molar-refractivity contribution in [3.8, 4) is 0 Å². The van der Waals surface area contributed by atoms with Gasteiger partial charge < -0.3 is 10.3 Å². The van der Waals surface area contributed by atoms with E-state index in [0.717, 1.165) is 29.6 Å². The normalized spacial score (nSPS) is 20.3. The molecule has 1 aromatic rings. The molecule has 1 aromatic heterocycles. The van der Waals surface area contributed by atoms with Gasteiger partial charge in [-0.1, -0.05) is 33.6 Å². The average Bonchev–Trinajstić information content (AvgIpc) is 2.62. The highest BCUT2D eigenvalue weighted by molar-refractivity contribution is 5.59. The smallest absolute Gasteiger partial charge is 0.148 e. The number of hydrogen-bond donors (Lipinski definition) is 2. The Kier molecular flexibility index (Phi) is 4.71. The van der Waals surface area contributed by atoms with Gasteiger partial charge in [-0.15, -0.1) is 0 Å². The third-order valence-electron chi connectivity index (χ3n) is 4.25. The van der Waals surface area contributed by atoms with Gasteiger partial charge in [-0.3, -0.25) is 0 Å². The summed E-state index contributed by atoms with van der Waals surface area (Å²) in [5.41, 5.74) is 3.69. The largest absolute Gasteiger partial charge is 0.354 e. The molecule has 5 heteroatoms. The summed E-state index contributed by atoms with van der Waals surface area (Å²) in [5, 5.41) is 0. The van der Waals surface area contributed by atoms with Gasteiger partial charge in [-0.05, 0) is 26.7 Å². The SMILES string of the molecule is Cc1c(NN)nc(C(C)(C)C)nc1N1CCCCCC1C. The molecular weight excluding hydrogens is 262 g/mol. The first kappa shape index (κ1) is 16.0. The van der Waals surface area contributed by atoms with Crippen LogP contribution < -0.4 is 16.2 Å². The van der Waals surface area contributed by atoms with E-state index < -0.39 is 0 Å². The zero-order valence-electron chi connectivity index (χ0n) is 14.0. The molecule has 3 N–H and O–H groups in total. The second-order valence-electron chi connectivity index (χ2n) is 7.13. The van der Waals surface area contributed by atoms with E-state index in [2.05, 4.69) is 49.9 Å². The highest BCUT2D eigenvalue weighted by atomic mass is 15.3. The van der Waals surface area contributed by atoms with Crippen molar-refractivity contribution >= 4 is 11.6 Å². The third kappa shape index (κ3) is 3.46. The van der Waals surface area contributed by atoms with E-state index in [0.29, 0.717) is 6.04 Å². The fourth-order valence-electron chi connectivity index (χ4n) is 2.85. The summed E-state index contributed by atoms with van der Waals surface area (Å²) in [6.45, 7) is 11.8. The van der Waals surface area contributed by atoms with Gasteiger partial charge in [-0.2, -0.15) is 0 Å². The van der Waals surface area contributed by atoms with Crippen LogP contribution in [-0.2, 0) is 5.41 Å². The van der Waals surface area contributed by atoms with Gasteiger partial charge in [0, 0.05) is 23.6 Å². The minimum absolute atomic E-state index is 0.0941. The van der Waals surface area contributed by atoms with Crippen LogP contribution in [0.3, 0.4) is 0 Å². The molecular formula is C16H29N5. The number of rotatable bonds is 2. The second-order valence-corrected chi connectivity index (χ2v) is 7.13. The summed E-state index contributed by atoms with van der Waals surface area (Å²) < 4.78 is 0. The van der Waals surface area contributed by atoms with Gasteiger partial charge in [0.15, 0.2) is 0 Å². The number of nitrogens with one attached hydrogen (secondary N) is 1. The Morgan fingerprint density at radius 3 is 2.52 bits per heavy atom. The molecule has 118 valence electrons. The molecule has 0 aliphatic carbocycles. The summed E-state index contributed by atoms with van der Waals surface area (Å²) in [6.07, 6.45) is 5.05. The van der Waals surface area contributed by atoms with Crippen molar-refractivity contribution < 1.29 is 0 Å². The molecule has 21 heavy (non-hydrogen) atoms. The van der Waals surface area contributed by atoms with Gasteiger partial charge in [0.1, 0.15) is 17.5 Å². The fourth-order valence-corrected chi connectivity index (χ4v) is 2.85. The van der Waals surface area contributed by atoms with Crippen LogP contribution in [0.4, 0.5) is 11.6 Å². The average molecular weight is 291 g/mol. The second kappa shape index (κ2) is 6.18. The first-order chi connectivity index (χ1) is 9.84. The Hall–Kier alpha value is -1.36. The summed E-state index contributed by atoms with van der Waals surface area (Å²) >= 11 is 0. The van der Waals surface area contributed by atoms with Crippen molar-refractivity contribution in [3.63, 3.8) is 0 Å². The van der Waals surface area contributed by atoms with Crippen LogP contribution in [0.1, 0.15) is 64.8 Å². The predicted molar refractivity (Wildman–Crippen MR) is 88.6 cm³/mol. The lowest BCUT2D eigenvalue weighted by Gasteiger charge is -2.31. The standard InChI is InChI=1S/C16H29N5/c1-11-9-7-6-8-10-21(11)14-12(2)13(20-17)18-15(19-14)16(3,4)5/h11H,6-10,17H2,1-5H3,(H,18,19,20). The molecule has 2 rings (SSSR count). The Morgan fingerprint density at radius 2 is 1.90 bits per heavy atom. The molecule has 0 bridgehead atoms. The lowest BCUT2D eigenvalue weighted by molar-refractivity contribution is 0.539. The monoisotopic (exact) mass is 291 g/mol. The van der Waals surface area contributed by atoms with Crippen molar-refractivity contribution in [1.82, 2.24) is 9.97 Å². The number of hydrogen-bond acceptors (Lipinski definition) is 5. The van der Waals surface area contributed by atoms with E-state index in [1.165, 1.54) is 25.7 Å². The molecule has 0 saturated carbocycles. The van der Waals surface area contributed by atoms with Crippen molar-refractivity contribution in [1.29, 1.82) is 0 Å². The maximum atomic E-state index is 5.67. The molecule has 0 amide bonds. The number of nitrogen functional groups attached to an aromatic ring is 1. The maximum absolute atomic E-state index is 5.67. The summed E-state index contributed by atoms with van der Waals surface area (Å²) in [7, 11) is 0. The summed E-state index contributed by atoms with van der Waals surface area (Å²) in [4.78, 5) is 11.9. The van der Waals surface area contributed by atoms with Crippen LogP contribution >= 0.6 is 0 Å². The zero-order chi connectivity index (χ0) is 15.6. The van der Waals surface area contributed by atoms with Crippen LogP contribution in [0.2, 0.25) is 0 Å². The van der Waals surface area contributed by atoms with Crippen LogP contribution in [-0.4, -0.2) is 22.6 Å². The molecule has 2 heterocycles. The number of aromatic nitrogens is 2. The third-order valence-corrected chi connectivity index (χ3v) is 4.25. The Labute approximate surface area is 128 Å². The van der Waals surface area contributed by atoms with Gasteiger partial charge in [0.25, 0.3) is 0 Å². The van der Waals surface area contributed by atoms with Gasteiger partial charge >= 0.3 is 0 Å². The maximum Gasteiger partial charge on any atom is 0.148 e. The lowest BCUT2D eigenvalue weighted by Crippen LogP contribution is -2.35. The molecule has 1 aliphatic rings. The van der Waals surface area contributed by atoms with E-state index in [-0.39, 0.29) is 5.41 Å². The van der Waals surface area contributed by atoms with Crippen LogP contribution in [0.25, 0.3) is 0 Å². The summed E-state index contributed by atoms with van der Waals surface area (Å²) in [6, 6.07) is 0.513. The highest BCUT2D eigenvalue weighted by Gasteiger charge is 2.26. The fraction of sp³-hybridized carbons (Fsp3) is 0.750. The van der Waals surface area contributed by atoms with E-state index in [1.807, 2.05) is 0 Å². The minimum atomic E-state index is -0.0941. The molecule has 1 fully saturated rings. The first-order valence-electron chi connectivity index (χ1n) is 7.97. The molecule has 1 aliphatic heterocycles. The van der Waals surface area contributed by atoms with Gasteiger partial charge in [-0.25, -0.2) is 15.8 Å². The van der Waals surface area contributed by atoms with E-state index >= 15 is 0 Å². The Morgan fingerprint density at radius 1 is 1.19 bits per heavy atom. The van der Waals surface area contributed by atoms with E-state index in [1.54, 1.807) is 0 Å². The molecule has 0 radical (unpaired) electrons. The van der Waals surface area contributed by atoms with Crippen molar-refractivity contribution in [2.75, 3.05) is 16.9 Å². The highest BCUT2D eigenvalue weighted by Crippen LogP contribution is 2.31. The Balaban J connectivity index is 2.50. The number of nitrogens with zero attached hydrogens (tertiary/aromatic N) is 3.